The maximum absolute atomic E-state index is 5.62. The Hall–Kier alpha value is -0.990. The Labute approximate surface area is 150 Å². The van der Waals surface area contributed by atoms with Crippen molar-refractivity contribution in [3.8, 4) is 0 Å². The van der Waals surface area contributed by atoms with Gasteiger partial charge in [-0.25, -0.2) is 0 Å². The highest BCUT2D eigenvalue weighted by Gasteiger charge is 2.24. The number of ether oxygens (including phenoxy) is 1. The molecule has 1 aliphatic rings. The lowest BCUT2D eigenvalue weighted by molar-refractivity contribution is 0.0914. The lowest BCUT2D eigenvalue weighted by Crippen LogP contribution is -2.33. The summed E-state index contributed by atoms with van der Waals surface area (Å²) in [5.41, 5.74) is 2.61. The van der Waals surface area contributed by atoms with E-state index in [4.69, 9.17) is 4.74 Å². The second kappa shape index (κ2) is 13.3. The molecule has 1 heterocycles. The fraction of sp³-hybridized carbons (Fsp3) is 0.857. The molecule has 1 N–H and O–H groups in total. The third kappa shape index (κ3) is 11.5. The highest BCUT2D eigenvalue weighted by Crippen LogP contribution is 2.14. The average Bonchev–Trinajstić information content (AvgIpc) is 2.90. The summed E-state index contributed by atoms with van der Waals surface area (Å²) in [5.74, 6) is 0.703. The van der Waals surface area contributed by atoms with Crippen molar-refractivity contribution in [2.24, 2.45) is 5.10 Å². The highest BCUT2D eigenvalue weighted by molar-refractivity contribution is 5.88. The van der Waals surface area contributed by atoms with Gasteiger partial charge in [0.1, 0.15) is 0 Å². The minimum atomic E-state index is -0.352. The lowest BCUT2D eigenvalue weighted by Gasteiger charge is -2.16. The van der Waals surface area contributed by atoms with Crippen molar-refractivity contribution < 1.29 is 4.74 Å². The van der Waals surface area contributed by atoms with Gasteiger partial charge in [0.2, 0.25) is 5.90 Å². The summed E-state index contributed by atoms with van der Waals surface area (Å²) >= 11 is 0. The van der Waals surface area contributed by atoms with Crippen LogP contribution in [0.5, 0.6) is 0 Å². The van der Waals surface area contributed by atoms with Crippen LogP contribution in [0.25, 0.3) is 0 Å². The molecule has 0 radical (unpaired) electrons. The molecule has 0 unspecified atom stereocenters. The van der Waals surface area contributed by atoms with Crippen molar-refractivity contribution in [3.05, 3.63) is 12.2 Å². The zero-order chi connectivity index (χ0) is 17.5. The molecule has 0 aromatic heterocycles. The van der Waals surface area contributed by atoms with Crippen LogP contribution in [0.4, 0.5) is 0 Å². The minimum absolute atomic E-state index is 0.352. The molecule has 0 saturated heterocycles. The van der Waals surface area contributed by atoms with Crippen LogP contribution in [0.1, 0.15) is 111 Å². The third-order valence-electron chi connectivity index (χ3n) is 4.53. The molecule has 0 aromatic rings. The van der Waals surface area contributed by atoms with E-state index in [-0.39, 0.29) is 5.72 Å². The second-order valence-corrected chi connectivity index (χ2v) is 7.61. The van der Waals surface area contributed by atoms with Crippen molar-refractivity contribution in [2.45, 2.75) is 116 Å². The average molecular weight is 337 g/mol. The van der Waals surface area contributed by atoms with Gasteiger partial charge in [-0.15, -0.1) is 5.10 Å². The third-order valence-corrected chi connectivity index (χ3v) is 4.53. The standard InChI is InChI=1S/C21H40N2O/c1-4-5-6-7-8-9-10-11-12-13-14-15-16-17-18-19-20-22-23-21(2,3)24-20/h18-19,23H,4-17H2,1-3H3/b19-18+. The van der Waals surface area contributed by atoms with Crippen LogP contribution in [0.2, 0.25) is 0 Å². The van der Waals surface area contributed by atoms with Crippen LogP contribution in [0, 0.1) is 0 Å². The summed E-state index contributed by atoms with van der Waals surface area (Å²) in [4.78, 5) is 0. The first-order valence-corrected chi connectivity index (χ1v) is 10.3. The van der Waals surface area contributed by atoms with Gasteiger partial charge in [0.25, 0.3) is 0 Å². The Bertz CT molecular complexity index is 361. The molecule has 0 spiro atoms. The van der Waals surface area contributed by atoms with Crippen LogP contribution in [0.15, 0.2) is 17.3 Å². The number of hydrogen-bond acceptors (Lipinski definition) is 3. The highest BCUT2D eigenvalue weighted by atomic mass is 16.5. The van der Waals surface area contributed by atoms with E-state index in [1.165, 1.54) is 83.5 Å². The fourth-order valence-corrected chi connectivity index (χ4v) is 3.03. The largest absolute Gasteiger partial charge is 0.449 e. The SMILES string of the molecule is CCCCCCCCCCCCCCC/C=C/C1=NNC(C)(C)O1. The summed E-state index contributed by atoms with van der Waals surface area (Å²) in [6.07, 6.45) is 23.6. The van der Waals surface area contributed by atoms with E-state index >= 15 is 0 Å². The van der Waals surface area contributed by atoms with Crippen LogP contribution in [-0.4, -0.2) is 11.6 Å². The summed E-state index contributed by atoms with van der Waals surface area (Å²) in [5, 5.41) is 4.15. The number of allylic oxidation sites excluding steroid dienone is 1. The lowest BCUT2D eigenvalue weighted by atomic mass is 10.0. The van der Waals surface area contributed by atoms with Crippen molar-refractivity contribution in [1.82, 2.24) is 5.43 Å². The maximum atomic E-state index is 5.62. The van der Waals surface area contributed by atoms with Crippen molar-refractivity contribution in [2.75, 3.05) is 0 Å². The van der Waals surface area contributed by atoms with Crippen LogP contribution in [0.3, 0.4) is 0 Å². The van der Waals surface area contributed by atoms with E-state index in [0.717, 1.165) is 6.42 Å². The normalized spacial score (nSPS) is 16.2. The van der Waals surface area contributed by atoms with Crippen molar-refractivity contribution in [1.29, 1.82) is 0 Å². The number of hydrogen-bond donors (Lipinski definition) is 1. The Morgan fingerprint density at radius 2 is 1.33 bits per heavy atom. The van der Waals surface area contributed by atoms with Crippen molar-refractivity contribution >= 4 is 5.90 Å². The molecule has 0 aromatic carbocycles. The molecule has 0 atom stereocenters. The molecular formula is C21H40N2O. The Balaban J connectivity index is 1.78. The van der Waals surface area contributed by atoms with Gasteiger partial charge in [0.05, 0.1) is 0 Å². The number of nitrogens with zero attached hydrogens (tertiary/aromatic N) is 1. The smallest absolute Gasteiger partial charge is 0.232 e. The molecule has 1 rings (SSSR count). The molecule has 1 aliphatic heterocycles. The van der Waals surface area contributed by atoms with Gasteiger partial charge in [-0.2, -0.15) is 0 Å². The topological polar surface area (TPSA) is 33.6 Å². The molecule has 0 amide bonds. The molecule has 140 valence electrons. The number of rotatable bonds is 15. The van der Waals surface area contributed by atoms with Crippen LogP contribution in [-0.2, 0) is 4.74 Å². The molecule has 3 nitrogen and oxygen atoms in total. The molecule has 3 heteroatoms. The Kier molecular flexibility index (Phi) is 11.7. The number of hydrazone groups is 1. The predicted molar refractivity (Wildman–Crippen MR) is 105 cm³/mol. The number of nitrogens with one attached hydrogen (secondary N) is 1. The second-order valence-electron chi connectivity index (χ2n) is 7.61. The van der Waals surface area contributed by atoms with Gasteiger partial charge in [-0.3, -0.25) is 5.43 Å². The summed E-state index contributed by atoms with van der Waals surface area (Å²) in [7, 11) is 0. The van der Waals surface area contributed by atoms with E-state index in [9.17, 15) is 0 Å². The van der Waals surface area contributed by atoms with Crippen LogP contribution >= 0.6 is 0 Å². The molecule has 0 bridgehead atoms. The summed E-state index contributed by atoms with van der Waals surface area (Å²) < 4.78 is 5.62. The van der Waals surface area contributed by atoms with Crippen molar-refractivity contribution in [3.63, 3.8) is 0 Å². The molecule has 0 fully saturated rings. The molecule has 24 heavy (non-hydrogen) atoms. The van der Waals surface area contributed by atoms with Gasteiger partial charge in [0.15, 0.2) is 5.72 Å². The zero-order valence-electron chi connectivity index (χ0n) is 16.4. The molecular weight excluding hydrogens is 296 g/mol. The van der Waals surface area contributed by atoms with Crippen LogP contribution < -0.4 is 5.43 Å². The van der Waals surface area contributed by atoms with E-state index in [1.807, 2.05) is 19.9 Å². The molecule has 0 aliphatic carbocycles. The van der Waals surface area contributed by atoms with Gasteiger partial charge < -0.3 is 4.74 Å². The monoisotopic (exact) mass is 336 g/mol. The summed E-state index contributed by atoms with van der Waals surface area (Å²) in [6.45, 7) is 6.24. The first-order chi connectivity index (χ1) is 11.6. The number of unbranched alkanes of at least 4 members (excludes halogenated alkanes) is 13. The first kappa shape index (κ1) is 21.1. The maximum Gasteiger partial charge on any atom is 0.232 e. The quantitative estimate of drug-likeness (QED) is 0.338. The van der Waals surface area contributed by atoms with Gasteiger partial charge in [-0.05, 0) is 32.8 Å². The Morgan fingerprint density at radius 1 is 0.833 bits per heavy atom. The fourth-order valence-electron chi connectivity index (χ4n) is 3.03. The van der Waals surface area contributed by atoms with Gasteiger partial charge in [0, 0.05) is 0 Å². The predicted octanol–water partition coefficient (Wildman–Crippen LogP) is 6.69. The zero-order valence-corrected chi connectivity index (χ0v) is 16.4. The van der Waals surface area contributed by atoms with E-state index in [1.54, 1.807) is 0 Å². The Morgan fingerprint density at radius 3 is 1.79 bits per heavy atom. The van der Waals surface area contributed by atoms with Gasteiger partial charge in [-0.1, -0.05) is 90.0 Å². The minimum Gasteiger partial charge on any atom is -0.449 e. The van der Waals surface area contributed by atoms with E-state index < -0.39 is 0 Å². The van der Waals surface area contributed by atoms with E-state index in [2.05, 4.69) is 23.5 Å². The molecule has 0 saturated carbocycles. The summed E-state index contributed by atoms with van der Waals surface area (Å²) in [6, 6.07) is 0. The van der Waals surface area contributed by atoms with Gasteiger partial charge >= 0.3 is 0 Å². The first-order valence-electron chi connectivity index (χ1n) is 10.3. The van der Waals surface area contributed by atoms with E-state index in [0.29, 0.717) is 5.90 Å².